The Morgan fingerprint density at radius 3 is 2.65 bits per heavy atom. The number of aliphatic hydroxyl groups is 1. The lowest BCUT2D eigenvalue weighted by Crippen LogP contribution is -2.20. The topological polar surface area (TPSA) is 90.9 Å². The maximum atomic E-state index is 11.9. The second-order valence-corrected chi connectivity index (χ2v) is 4.69. The highest BCUT2D eigenvalue weighted by Crippen LogP contribution is 2.11. The van der Waals surface area contributed by atoms with E-state index in [1.807, 2.05) is 12.1 Å². The van der Waals surface area contributed by atoms with E-state index >= 15 is 0 Å². The van der Waals surface area contributed by atoms with E-state index in [-0.39, 0.29) is 12.2 Å². The van der Waals surface area contributed by atoms with Gasteiger partial charge in [0, 0.05) is 24.6 Å². The number of aliphatic hydroxyl groups excluding tert-OH is 1. The van der Waals surface area contributed by atoms with Gasteiger partial charge in [0.25, 0.3) is 5.56 Å². The summed E-state index contributed by atoms with van der Waals surface area (Å²) in [5.41, 5.74) is 1.01. The minimum Gasteiger partial charge on any atom is -0.396 e. The first kappa shape index (κ1) is 14.5. The Balaban J connectivity index is 2.06. The zero-order valence-electron chi connectivity index (χ0n) is 10.8. The first-order chi connectivity index (χ1) is 9.69. The number of rotatable bonds is 6. The normalized spacial score (nSPS) is 10.5. The van der Waals surface area contributed by atoms with Crippen molar-refractivity contribution in [3.8, 4) is 0 Å². The molecule has 1 aromatic carbocycles. The van der Waals surface area contributed by atoms with Crippen LogP contribution in [-0.2, 0) is 6.42 Å². The first-order valence-electron chi connectivity index (χ1n) is 6.24. The van der Waals surface area contributed by atoms with Crippen LogP contribution in [0.5, 0.6) is 0 Å². The van der Waals surface area contributed by atoms with E-state index < -0.39 is 0 Å². The molecule has 2 rings (SSSR count). The molecule has 106 valence electrons. The first-order valence-corrected chi connectivity index (χ1v) is 6.62. The lowest BCUT2D eigenvalue weighted by atomic mass is 10.1. The molecule has 6 nitrogen and oxygen atoms in total. The molecule has 0 aliphatic rings. The SMILES string of the molecule is O=c1[nH]c(NCCCO)nnc1Cc1ccc(Cl)cc1. The molecule has 20 heavy (non-hydrogen) atoms. The van der Waals surface area contributed by atoms with Gasteiger partial charge < -0.3 is 10.4 Å². The van der Waals surface area contributed by atoms with Gasteiger partial charge >= 0.3 is 0 Å². The van der Waals surface area contributed by atoms with Gasteiger partial charge in [0.1, 0.15) is 5.69 Å². The third-order valence-electron chi connectivity index (χ3n) is 2.68. The highest BCUT2D eigenvalue weighted by atomic mass is 35.5. The maximum absolute atomic E-state index is 11.9. The fourth-order valence-electron chi connectivity index (χ4n) is 1.64. The lowest BCUT2D eigenvalue weighted by molar-refractivity contribution is 0.292. The lowest BCUT2D eigenvalue weighted by Gasteiger charge is -2.04. The van der Waals surface area contributed by atoms with Crippen LogP contribution in [0.25, 0.3) is 0 Å². The minimum absolute atomic E-state index is 0.0826. The van der Waals surface area contributed by atoms with E-state index in [9.17, 15) is 4.79 Å². The van der Waals surface area contributed by atoms with Crippen molar-refractivity contribution in [2.45, 2.75) is 12.8 Å². The van der Waals surface area contributed by atoms with Gasteiger partial charge in [-0.15, -0.1) is 10.2 Å². The number of aromatic amines is 1. The third-order valence-corrected chi connectivity index (χ3v) is 2.93. The van der Waals surface area contributed by atoms with Crippen LogP contribution in [0.3, 0.4) is 0 Å². The number of anilines is 1. The Kier molecular flexibility index (Phi) is 5.09. The fraction of sp³-hybridized carbons (Fsp3) is 0.308. The van der Waals surface area contributed by atoms with Crippen LogP contribution >= 0.6 is 11.6 Å². The summed E-state index contributed by atoms with van der Waals surface area (Å²) in [6, 6.07) is 7.22. The van der Waals surface area contributed by atoms with Gasteiger partial charge in [-0.2, -0.15) is 0 Å². The number of hydrogen-bond donors (Lipinski definition) is 3. The Bertz CT molecular complexity index is 613. The largest absolute Gasteiger partial charge is 0.396 e. The Hall–Kier alpha value is -1.92. The van der Waals surface area contributed by atoms with Crippen molar-refractivity contribution in [2.24, 2.45) is 0 Å². The molecule has 0 bridgehead atoms. The molecule has 0 aliphatic carbocycles. The quantitative estimate of drug-likeness (QED) is 0.697. The average molecular weight is 295 g/mol. The fourth-order valence-corrected chi connectivity index (χ4v) is 1.76. The predicted molar refractivity (Wildman–Crippen MR) is 77.1 cm³/mol. The number of nitrogens with zero attached hydrogens (tertiary/aromatic N) is 2. The number of H-pyrrole nitrogens is 1. The highest BCUT2D eigenvalue weighted by molar-refractivity contribution is 6.30. The molecule has 1 heterocycles. The van der Waals surface area contributed by atoms with Gasteiger partial charge in [-0.05, 0) is 24.1 Å². The summed E-state index contributed by atoms with van der Waals surface area (Å²) < 4.78 is 0. The molecule has 0 amide bonds. The summed E-state index contributed by atoms with van der Waals surface area (Å²) in [6.45, 7) is 0.608. The summed E-state index contributed by atoms with van der Waals surface area (Å²) in [5.74, 6) is 0.309. The third kappa shape index (κ3) is 4.04. The number of aromatic nitrogens is 3. The van der Waals surface area contributed by atoms with E-state index in [0.717, 1.165) is 5.56 Å². The van der Waals surface area contributed by atoms with Crippen LogP contribution in [0.1, 0.15) is 17.7 Å². The average Bonchev–Trinajstić information content (AvgIpc) is 2.44. The molecular formula is C13H15ClN4O2. The Morgan fingerprint density at radius 2 is 2.00 bits per heavy atom. The van der Waals surface area contributed by atoms with Crippen LogP contribution in [0, 0.1) is 0 Å². The van der Waals surface area contributed by atoms with Crippen LogP contribution in [-0.4, -0.2) is 33.4 Å². The van der Waals surface area contributed by atoms with Crippen molar-refractivity contribution < 1.29 is 5.11 Å². The van der Waals surface area contributed by atoms with Crippen LogP contribution in [0.15, 0.2) is 29.1 Å². The summed E-state index contributed by atoms with van der Waals surface area (Å²) >= 11 is 5.81. The highest BCUT2D eigenvalue weighted by Gasteiger charge is 2.06. The predicted octanol–water partition coefficient (Wildman–Crippen LogP) is 1.20. The molecule has 7 heteroatoms. The molecule has 0 unspecified atom stereocenters. The van der Waals surface area contributed by atoms with Crippen LogP contribution < -0.4 is 10.9 Å². The standard InChI is InChI=1S/C13H15ClN4O2/c14-10-4-2-9(3-5-10)8-11-12(20)16-13(18-17-11)15-6-1-7-19/h2-5,19H,1,6-8H2,(H2,15,16,18,20). The molecule has 0 saturated heterocycles. The second kappa shape index (κ2) is 7.02. The van der Waals surface area contributed by atoms with Gasteiger partial charge in [0.05, 0.1) is 0 Å². The molecule has 0 atom stereocenters. The molecule has 0 saturated carbocycles. The maximum Gasteiger partial charge on any atom is 0.274 e. The summed E-state index contributed by atoms with van der Waals surface area (Å²) in [5, 5.41) is 20.0. The van der Waals surface area contributed by atoms with E-state index in [0.29, 0.717) is 36.1 Å². The molecule has 0 radical (unpaired) electrons. The Morgan fingerprint density at radius 1 is 1.25 bits per heavy atom. The van der Waals surface area contributed by atoms with Gasteiger partial charge in [-0.25, -0.2) is 0 Å². The van der Waals surface area contributed by atoms with E-state index in [2.05, 4.69) is 20.5 Å². The van der Waals surface area contributed by atoms with Crippen molar-refractivity contribution in [3.05, 3.63) is 50.9 Å². The number of halogens is 1. The molecule has 0 fully saturated rings. The molecule has 2 aromatic rings. The van der Waals surface area contributed by atoms with Gasteiger partial charge in [0.15, 0.2) is 0 Å². The van der Waals surface area contributed by atoms with Crippen molar-refractivity contribution in [2.75, 3.05) is 18.5 Å². The molecular weight excluding hydrogens is 280 g/mol. The van der Waals surface area contributed by atoms with Gasteiger partial charge in [-0.3, -0.25) is 9.78 Å². The van der Waals surface area contributed by atoms with Crippen molar-refractivity contribution in [3.63, 3.8) is 0 Å². The van der Waals surface area contributed by atoms with Gasteiger partial charge in [-0.1, -0.05) is 23.7 Å². The minimum atomic E-state index is -0.276. The monoisotopic (exact) mass is 294 g/mol. The summed E-state index contributed by atoms with van der Waals surface area (Å²) in [4.78, 5) is 14.5. The zero-order chi connectivity index (χ0) is 14.4. The van der Waals surface area contributed by atoms with Crippen LogP contribution in [0.4, 0.5) is 5.95 Å². The van der Waals surface area contributed by atoms with E-state index in [4.69, 9.17) is 16.7 Å². The zero-order valence-corrected chi connectivity index (χ0v) is 11.5. The van der Waals surface area contributed by atoms with Crippen molar-refractivity contribution in [1.82, 2.24) is 15.2 Å². The Labute approximate surface area is 120 Å². The summed E-state index contributed by atoms with van der Waals surface area (Å²) in [7, 11) is 0. The molecule has 0 spiro atoms. The van der Waals surface area contributed by atoms with E-state index in [1.54, 1.807) is 12.1 Å². The number of hydrogen-bond acceptors (Lipinski definition) is 5. The van der Waals surface area contributed by atoms with Crippen molar-refractivity contribution in [1.29, 1.82) is 0 Å². The summed E-state index contributed by atoms with van der Waals surface area (Å²) in [6.07, 6.45) is 0.979. The van der Waals surface area contributed by atoms with Crippen LogP contribution in [0.2, 0.25) is 5.02 Å². The second-order valence-electron chi connectivity index (χ2n) is 4.26. The smallest absolute Gasteiger partial charge is 0.274 e. The number of nitrogens with one attached hydrogen (secondary N) is 2. The molecule has 0 aliphatic heterocycles. The van der Waals surface area contributed by atoms with Crippen molar-refractivity contribution >= 4 is 17.5 Å². The molecule has 1 aromatic heterocycles. The molecule has 3 N–H and O–H groups in total. The van der Waals surface area contributed by atoms with E-state index in [1.165, 1.54) is 0 Å². The number of benzene rings is 1. The van der Waals surface area contributed by atoms with Gasteiger partial charge in [0.2, 0.25) is 5.95 Å².